The summed E-state index contributed by atoms with van der Waals surface area (Å²) >= 11 is 6.41. The number of rotatable bonds is 1. The molecule has 4 heteroatoms. The zero-order valence-electron chi connectivity index (χ0n) is 6.15. The molecule has 2 aromatic heterocycles. The number of pyridine rings is 1. The maximum Gasteiger partial charge on any atom is 0.124 e. The van der Waals surface area contributed by atoms with Gasteiger partial charge in [0.25, 0.3) is 0 Å². The van der Waals surface area contributed by atoms with E-state index < -0.39 is 0 Å². The topological polar surface area (TPSA) is 38.9 Å². The molecule has 2 heterocycles. The molecule has 2 rings (SSSR count). The van der Waals surface area contributed by atoms with Crippen molar-refractivity contribution in [1.29, 1.82) is 0 Å². The van der Waals surface area contributed by atoms with Crippen molar-refractivity contribution in [1.82, 2.24) is 4.98 Å². The van der Waals surface area contributed by atoms with Crippen LogP contribution in [0.5, 0.6) is 0 Å². The minimum absolute atomic E-state index is 0.352. The van der Waals surface area contributed by atoms with Crippen molar-refractivity contribution in [3.05, 3.63) is 29.3 Å². The zero-order chi connectivity index (χ0) is 8.55. The van der Waals surface area contributed by atoms with E-state index in [1.807, 2.05) is 23.6 Å². The highest BCUT2D eigenvalue weighted by Gasteiger charge is 2.00. The number of hydrogen-bond donors (Lipinski definition) is 1. The highest BCUT2D eigenvalue weighted by molar-refractivity contribution is 7.80. The first-order valence-electron chi connectivity index (χ1n) is 3.41. The molecule has 0 unspecified atom stereocenters. The van der Waals surface area contributed by atoms with Gasteiger partial charge in [0.2, 0.25) is 0 Å². The van der Waals surface area contributed by atoms with Gasteiger partial charge in [-0.25, -0.2) is 4.98 Å². The Kier molecular flexibility index (Phi) is 1.78. The number of aromatic nitrogens is 1. The van der Waals surface area contributed by atoms with Crippen molar-refractivity contribution in [3.8, 4) is 0 Å². The Hall–Kier alpha value is -1.00. The van der Waals surface area contributed by atoms with Gasteiger partial charge in [-0.1, -0.05) is 12.2 Å². The lowest BCUT2D eigenvalue weighted by molar-refractivity contribution is 1.39. The molecule has 0 radical (unpaired) electrons. The number of nitrogens with two attached hydrogens (primary N) is 1. The maximum atomic E-state index is 5.45. The van der Waals surface area contributed by atoms with Gasteiger partial charge in [0.05, 0.1) is 5.69 Å². The summed E-state index contributed by atoms with van der Waals surface area (Å²) in [6.45, 7) is 0. The summed E-state index contributed by atoms with van der Waals surface area (Å²) < 4.78 is 0. The first kappa shape index (κ1) is 7.64. The molecule has 0 aliphatic carbocycles. The molecular formula is C8H6N2S2. The molecular weight excluding hydrogens is 188 g/mol. The van der Waals surface area contributed by atoms with Gasteiger partial charge in [-0.05, 0) is 23.6 Å². The molecule has 2 N–H and O–H groups in total. The van der Waals surface area contributed by atoms with Crippen molar-refractivity contribution < 1.29 is 0 Å². The Balaban J connectivity index is 2.68. The monoisotopic (exact) mass is 194 g/mol. The molecule has 0 saturated carbocycles. The second-order valence-corrected chi connectivity index (χ2v) is 3.71. The van der Waals surface area contributed by atoms with Crippen LogP contribution in [0.2, 0.25) is 0 Å². The van der Waals surface area contributed by atoms with Crippen molar-refractivity contribution in [2.24, 2.45) is 5.73 Å². The fourth-order valence-electron chi connectivity index (χ4n) is 0.981. The molecule has 0 bridgehead atoms. The highest BCUT2D eigenvalue weighted by atomic mass is 32.1. The summed E-state index contributed by atoms with van der Waals surface area (Å²) in [5, 5.41) is 3.14. The second-order valence-electron chi connectivity index (χ2n) is 2.38. The first-order chi connectivity index (χ1) is 5.77. The van der Waals surface area contributed by atoms with Gasteiger partial charge in [-0.2, -0.15) is 0 Å². The summed E-state index contributed by atoms with van der Waals surface area (Å²) in [6, 6.07) is 5.85. The third-order valence-corrected chi connectivity index (χ3v) is 2.60. The fourth-order valence-corrected chi connectivity index (χ4v) is 1.86. The fraction of sp³-hybridized carbons (Fsp3) is 0. The van der Waals surface area contributed by atoms with Crippen molar-refractivity contribution in [2.75, 3.05) is 0 Å². The minimum Gasteiger partial charge on any atom is -0.388 e. The van der Waals surface area contributed by atoms with Gasteiger partial charge in [-0.3, -0.25) is 0 Å². The van der Waals surface area contributed by atoms with E-state index in [-0.39, 0.29) is 0 Å². The molecule has 0 aliphatic rings. The predicted molar refractivity (Wildman–Crippen MR) is 55.5 cm³/mol. The van der Waals surface area contributed by atoms with Crippen LogP contribution in [0.4, 0.5) is 0 Å². The smallest absolute Gasteiger partial charge is 0.124 e. The summed E-state index contributed by atoms with van der Waals surface area (Å²) in [4.78, 5) is 5.63. The second kappa shape index (κ2) is 2.80. The standard InChI is InChI=1S/C8H6N2S2/c9-7(11)6-2-1-5-3-4-12-8(5)10-6/h1-4H,(H2,9,11). The molecule has 0 atom stereocenters. The van der Waals surface area contributed by atoms with Crippen LogP contribution in [0.25, 0.3) is 10.2 Å². The number of hydrogen-bond acceptors (Lipinski definition) is 3. The SMILES string of the molecule is NC(=S)c1ccc2ccsc2n1. The van der Waals surface area contributed by atoms with Gasteiger partial charge in [-0.15, -0.1) is 11.3 Å². The molecule has 0 spiro atoms. The molecule has 0 saturated heterocycles. The Morgan fingerprint density at radius 2 is 2.25 bits per heavy atom. The molecule has 60 valence electrons. The Morgan fingerprint density at radius 1 is 1.42 bits per heavy atom. The lowest BCUT2D eigenvalue weighted by atomic mass is 10.3. The predicted octanol–water partition coefficient (Wildman–Crippen LogP) is 1.93. The normalized spacial score (nSPS) is 10.3. The van der Waals surface area contributed by atoms with Gasteiger partial charge in [0, 0.05) is 5.39 Å². The lowest BCUT2D eigenvalue weighted by Gasteiger charge is -1.95. The summed E-state index contributed by atoms with van der Waals surface area (Å²) in [6.07, 6.45) is 0. The van der Waals surface area contributed by atoms with Crippen LogP contribution in [-0.4, -0.2) is 9.97 Å². The molecule has 12 heavy (non-hydrogen) atoms. The van der Waals surface area contributed by atoms with Crippen LogP contribution in [0.3, 0.4) is 0 Å². The van der Waals surface area contributed by atoms with Gasteiger partial charge in [0.1, 0.15) is 9.82 Å². The Morgan fingerprint density at radius 3 is 3.00 bits per heavy atom. The van der Waals surface area contributed by atoms with Crippen LogP contribution in [0.1, 0.15) is 5.69 Å². The van der Waals surface area contributed by atoms with Crippen LogP contribution in [-0.2, 0) is 0 Å². The summed E-state index contributed by atoms with van der Waals surface area (Å²) in [5.41, 5.74) is 6.14. The molecule has 2 nitrogen and oxygen atoms in total. The molecule has 0 amide bonds. The molecule has 0 fully saturated rings. The van der Waals surface area contributed by atoms with Gasteiger partial charge in [0.15, 0.2) is 0 Å². The number of fused-ring (bicyclic) bond motifs is 1. The van der Waals surface area contributed by atoms with Crippen molar-refractivity contribution in [3.63, 3.8) is 0 Å². The van der Waals surface area contributed by atoms with Crippen LogP contribution < -0.4 is 5.73 Å². The van der Waals surface area contributed by atoms with E-state index in [4.69, 9.17) is 18.0 Å². The average Bonchev–Trinajstić information content (AvgIpc) is 2.49. The van der Waals surface area contributed by atoms with E-state index in [1.54, 1.807) is 11.3 Å². The molecule has 0 aliphatic heterocycles. The van der Waals surface area contributed by atoms with E-state index in [9.17, 15) is 0 Å². The highest BCUT2D eigenvalue weighted by Crippen LogP contribution is 2.18. The largest absolute Gasteiger partial charge is 0.388 e. The van der Waals surface area contributed by atoms with E-state index in [2.05, 4.69) is 4.98 Å². The molecule has 0 aromatic carbocycles. The van der Waals surface area contributed by atoms with E-state index >= 15 is 0 Å². The maximum absolute atomic E-state index is 5.45. The number of thiocarbonyl (C=S) groups is 1. The van der Waals surface area contributed by atoms with Crippen molar-refractivity contribution in [2.45, 2.75) is 0 Å². The van der Waals surface area contributed by atoms with E-state index in [0.29, 0.717) is 10.7 Å². The molecule has 2 aromatic rings. The number of nitrogens with zero attached hydrogens (tertiary/aromatic N) is 1. The first-order valence-corrected chi connectivity index (χ1v) is 4.70. The summed E-state index contributed by atoms with van der Waals surface area (Å²) in [7, 11) is 0. The van der Waals surface area contributed by atoms with Crippen LogP contribution >= 0.6 is 23.6 Å². The quantitative estimate of drug-likeness (QED) is 0.705. The van der Waals surface area contributed by atoms with Crippen LogP contribution in [0.15, 0.2) is 23.6 Å². The Labute approximate surface area is 79.0 Å². The zero-order valence-corrected chi connectivity index (χ0v) is 7.78. The van der Waals surface area contributed by atoms with Crippen LogP contribution in [0, 0.1) is 0 Å². The summed E-state index contributed by atoms with van der Waals surface area (Å²) in [5.74, 6) is 0. The van der Waals surface area contributed by atoms with E-state index in [1.165, 1.54) is 0 Å². The van der Waals surface area contributed by atoms with E-state index in [0.717, 1.165) is 10.2 Å². The van der Waals surface area contributed by atoms with Gasteiger partial charge < -0.3 is 5.73 Å². The third-order valence-electron chi connectivity index (χ3n) is 1.57. The third kappa shape index (κ3) is 1.19. The van der Waals surface area contributed by atoms with Gasteiger partial charge >= 0.3 is 0 Å². The average molecular weight is 194 g/mol. The minimum atomic E-state index is 0.352. The lowest BCUT2D eigenvalue weighted by Crippen LogP contribution is -2.10. The number of thiophene rings is 1. The Bertz CT molecular complexity index is 433. The van der Waals surface area contributed by atoms with Crippen molar-refractivity contribution >= 4 is 38.8 Å².